The van der Waals surface area contributed by atoms with Gasteiger partial charge in [-0.05, 0) is 38.8 Å². The molecule has 0 amide bonds. The molecule has 1 unspecified atom stereocenters. The Bertz CT molecular complexity index is 555. The van der Waals surface area contributed by atoms with E-state index in [0.29, 0.717) is 25.3 Å². The van der Waals surface area contributed by atoms with Gasteiger partial charge >= 0.3 is 0 Å². The molecule has 1 aliphatic heterocycles. The van der Waals surface area contributed by atoms with E-state index >= 15 is 0 Å². The standard InChI is InChI=1S/C13H21N3O3S/c1-13(2)8-10(6-7-19-13)16-20(17,18)11-4-5-12(14-3)15-9-11/h4-5,9-10,16H,6-8H2,1-3H3,(H,14,15). The van der Waals surface area contributed by atoms with E-state index in [9.17, 15) is 8.42 Å². The summed E-state index contributed by atoms with van der Waals surface area (Å²) in [6.45, 7) is 4.50. The van der Waals surface area contributed by atoms with Crippen LogP contribution in [0.3, 0.4) is 0 Å². The van der Waals surface area contributed by atoms with Gasteiger partial charge in [0.2, 0.25) is 10.0 Å². The van der Waals surface area contributed by atoms with Crippen LogP contribution in [0.25, 0.3) is 0 Å². The Balaban J connectivity index is 2.10. The molecule has 0 aliphatic carbocycles. The fourth-order valence-corrected chi connectivity index (χ4v) is 3.52. The van der Waals surface area contributed by atoms with Crippen molar-refractivity contribution in [2.45, 2.75) is 43.2 Å². The van der Waals surface area contributed by atoms with E-state index in [1.807, 2.05) is 13.8 Å². The summed E-state index contributed by atoms with van der Waals surface area (Å²) in [5.41, 5.74) is -0.292. The minimum absolute atomic E-state index is 0.104. The van der Waals surface area contributed by atoms with Crippen LogP contribution in [-0.4, -0.2) is 38.7 Å². The number of sulfonamides is 1. The minimum atomic E-state index is -3.53. The second-order valence-electron chi connectivity index (χ2n) is 5.55. The molecule has 0 aromatic carbocycles. The quantitative estimate of drug-likeness (QED) is 0.877. The monoisotopic (exact) mass is 299 g/mol. The largest absolute Gasteiger partial charge is 0.375 e. The van der Waals surface area contributed by atoms with Gasteiger partial charge in [0, 0.05) is 25.9 Å². The summed E-state index contributed by atoms with van der Waals surface area (Å²) in [6, 6.07) is 3.08. The van der Waals surface area contributed by atoms with Crippen LogP contribution in [0, 0.1) is 0 Å². The van der Waals surface area contributed by atoms with Crippen LogP contribution >= 0.6 is 0 Å². The maximum Gasteiger partial charge on any atom is 0.242 e. The summed E-state index contributed by atoms with van der Waals surface area (Å²) in [5.74, 6) is 0.635. The first-order valence-electron chi connectivity index (χ1n) is 6.62. The number of pyridine rings is 1. The predicted molar refractivity (Wildman–Crippen MR) is 77.2 cm³/mol. The van der Waals surface area contributed by atoms with Crippen LogP contribution in [0.2, 0.25) is 0 Å². The van der Waals surface area contributed by atoms with E-state index in [1.54, 1.807) is 19.2 Å². The molecule has 0 bridgehead atoms. The van der Waals surface area contributed by atoms with Crippen molar-refractivity contribution in [2.75, 3.05) is 19.0 Å². The molecule has 20 heavy (non-hydrogen) atoms. The number of rotatable bonds is 4. The Hall–Kier alpha value is -1.18. The topological polar surface area (TPSA) is 80.3 Å². The van der Waals surface area contributed by atoms with Crippen molar-refractivity contribution in [3.05, 3.63) is 18.3 Å². The molecule has 1 saturated heterocycles. The van der Waals surface area contributed by atoms with Crippen molar-refractivity contribution < 1.29 is 13.2 Å². The molecule has 112 valence electrons. The van der Waals surface area contributed by atoms with Crippen LogP contribution in [0.1, 0.15) is 26.7 Å². The number of nitrogens with one attached hydrogen (secondary N) is 2. The molecule has 1 aromatic rings. The van der Waals surface area contributed by atoms with E-state index in [-0.39, 0.29) is 16.5 Å². The smallest absolute Gasteiger partial charge is 0.242 e. The first-order chi connectivity index (χ1) is 9.32. The molecule has 2 N–H and O–H groups in total. The van der Waals surface area contributed by atoms with E-state index in [1.165, 1.54) is 6.20 Å². The van der Waals surface area contributed by atoms with Crippen molar-refractivity contribution in [3.63, 3.8) is 0 Å². The maximum atomic E-state index is 12.3. The van der Waals surface area contributed by atoms with Gasteiger partial charge in [-0.25, -0.2) is 18.1 Å². The van der Waals surface area contributed by atoms with Crippen LogP contribution in [0.5, 0.6) is 0 Å². The lowest BCUT2D eigenvalue weighted by Gasteiger charge is -2.35. The first kappa shape index (κ1) is 15.2. The van der Waals surface area contributed by atoms with Crippen molar-refractivity contribution in [1.29, 1.82) is 0 Å². The molecular formula is C13H21N3O3S. The van der Waals surface area contributed by atoms with Crippen LogP contribution in [0.15, 0.2) is 23.2 Å². The number of hydrogen-bond acceptors (Lipinski definition) is 5. The molecule has 1 aromatic heterocycles. The van der Waals surface area contributed by atoms with Gasteiger partial charge in [-0.2, -0.15) is 0 Å². The lowest BCUT2D eigenvalue weighted by atomic mass is 9.95. The number of nitrogens with zero attached hydrogens (tertiary/aromatic N) is 1. The molecule has 2 rings (SSSR count). The SMILES string of the molecule is CNc1ccc(S(=O)(=O)NC2CCOC(C)(C)C2)cn1. The van der Waals surface area contributed by atoms with Crippen molar-refractivity contribution in [3.8, 4) is 0 Å². The van der Waals surface area contributed by atoms with E-state index in [4.69, 9.17) is 4.74 Å². The molecule has 7 heteroatoms. The third-order valence-electron chi connectivity index (χ3n) is 3.32. The van der Waals surface area contributed by atoms with Gasteiger partial charge in [0.25, 0.3) is 0 Å². The molecule has 1 fully saturated rings. The van der Waals surface area contributed by atoms with E-state index in [2.05, 4.69) is 15.0 Å². The third kappa shape index (κ3) is 3.68. The fourth-order valence-electron chi connectivity index (χ4n) is 2.31. The van der Waals surface area contributed by atoms with E-state index in [0.717, 1.165) is 0 Å². The Labute approximate surface area is 120 Å². The Morgan fingerprint density at radius 3 is 2.70 bits per heavy atom. The second kappa shape index (κ2) is 5.67. The number of hydrogen-bond donors (Lipinski definition) is 2. The summed E-state index contributed by atoms with van der Waals surface area (Å²) in [6.07, 6.45) is 2.71. The van der Waals surface area contributed by atoms with Crippen LogP contribution in [-0.2, 0) is 14.8 Å². The minimum Gasteiger partial charge on any atom is -0.375 e. The summed E-state index contributed by atoms with van der Waals surface area (Å²) in [5, 5.41) is 2.85. The zero-order valence-electron chi connectivity index (χ0n) is 12.0. The summed E-state index contributed by atoms with van der Waals surface area (Å²) >= 11 is 0. The van der Waals surface area contributed by atoms with Crippen molar-refractivity contribution in [2.24, 2.45) is 0 Å². The summed E-state index contributed by atoms with van der Waals surface area (Å²) in [4.78, 5) is 4.21. The van der Waals surface area contributed by atoms with Crippen LogP contribution in [0.4, 0.5) is 5.82 Å². The Kier molecular flexibility index (Phi) is 4.31. The highest BCUT2D eigenvalue weighted by atomic mass is 32.2. The fraction of sp³-hybridized carbons (Fsp3) is 0.615. The highest BCUT2D eigenvalue weighted by Gasteiger charge is 2.31. The third-order valence-corrected chi connectivity index (χ3v) is 4.83. The molecule has 0 saturated carbocycles. The number of aromatic nitrogens is 1. The van der Waals surface area contributed by atoms with Gasteiger partial charge in [0.1, 0.15) is 10.7 Å². The summed E-state index contributed by atoms with van der Waals surface area (Å²) < 4.78 is 32.9. The molecule has 0 radical (unpaired) electrons. The molecule has 0 spiro atoms. The van der Waals surface area contributed by atoms with Crippen molar-refractivity contribution in [1.82, 2.24) is 9.71 Å². The predicted octanol–water partition coefficient (Wildman–Crippen LogP) is 1.36. The Morgan fingerprint density at radius 2 is 2.15 bits per heavy atom. The highest BCUT2D eigenvalue weighted by molar-refractivity contribution is 7.89. The average molecular weight is 299 g/mol. The highest BCUT2D eigenvalue weighted by Crippen LogP contribution is 2.25. The number of ether oxygens (including phenoxy) is 1. The normalized spacial score (nSPS) is 22.4. The van der Waals surface area contributed by atoms with Gasteiger partial charge < -0.3 is 10.1 Å². The average Bonchev–Trinajstić information content (AvgIpc) is 2.37. The lowest BCUT2D eigenvalue weighted by molar-refractivity contribution is -0.0599. The zero-order chi connectivity index (χ0) is 14.8. The molecule has 1 atom stereocenters. The lowest BCUT2D eigenvalue weighted by Crippen LogP contribution is -2.45. The maximum absolute atomic E-state index is 12.3. The zero-order valence-corrected chi connectivity index (χ0v) is 12.8. The molecular weight excluding hydrogens is 278 g/mol. The molecule has 6 nitrogen and oxygen atoms in total. The van der Waals surface area contributed by atoms with Crippen molar-refractivity contribution >= 4 is 15.8 Å². The molecule has 2 heterocycles. The van der Waals surface area contributed by atoms with Gasteiger partial charge in [-0.15, -0.1) is 0 Å². The first-order valence-corrected chi connectivity index (χ1v) is 8.11. The summed E-state index contributed by atoms with van der Waals surface area (Å²) in [7, 11) is -1.80. The van der Waals surface area contributed by atoms with Gasteiger partial charge in [0.15, 0.2) is 0 Å². The second-order valence-corrected chi connectivity index (χ2v) is 7.26. The van der Waals surface area contributed by atoms with E-state index < -0.39 is 10.0 Å². The Morgan fingerprint density at radius 1 is 1.40 bits per heavy atom. The van der Waals surface area contributed by atoms with Gasteiger partial charge in [-0.3, -0.25) is 0 Å². The van der Waals surface area contributed by atoms with Gasteiger partial charge in [-0.1, -0.05) is 0 Å². The van der Waals surface area contributed by atoms with Crippen LogP contribution < -0.4 is 10.0 Å². The number of anilines is 1. The molecule has 1 aliphatic rings. The van der Waals surface area contributed by atoms with Gasteiger partial charge in [0.05, 0.1) is 5.60 Å².